The predicted octanol–water partition coefficient (Wildman–Crippen LogP) is 3.87. The fourth-order valence-corrected chi connectivity index (χ4v) is 2.11. The summed E-state index contributed by atoms with van der Waals surface area (Å²) < 4.78 is 0. The fourth-order valence-electron chi connectivity index (χ4n) is 2.11. The maximum atomic E-state index is 5.94. The first-order valence-electron chi connectivity index (χ1n) is 6.20. The zero-order valence-electron chi connectivity index (χ0n) is 10.7. The van der Waals surface area contributed by atoms with Gasteiger partial charge in [0.25, 0.3) is 0 Å². The van der Waals surface area contributed by atoms with Crippen molar-refractivity contribution < 1.29 is 0 Å². The third kappa shape index (κ3) is 2.22. The van der Waals surface area contributed by atoms with Gasteiger partial charge in [0, 0.05) is 40.2 Å². The highest BCUT2D eigenvalue weighted by Gasteiger charge is 2.02. The van der Waals surface area contributed by atoms with Gasteiger partial charge in [-0.1, -0.05) is 18.2 Å². The maximum absolute atomic E-state index is 5.94. The third-order valence-electron chi connectivity index (χ3n) is 3.24. The first kappa shape index (κ1) is 11.5. The number of rotatable bonds is 2. The Hall–Kier alpha value is -2.55. The Bertz CT molecular complexity index is 730. The minimum Gasteiger partial charge on any atom is -0.398 e. The van der Waals surface area contributed by atoms with E-state index >= 15 is 0 Å². The number of pyridine rings is 1. The summed E-state index contributed by atoms with van der Waals surface area (Å²) in [4.78, 5) is 4.14. The van der Waals surface area contributed by atoms with Crippen molar-refractivity contribution >= 4 is 27.8 Å². The molecule has 1 aromatic heterocycles. The molecule has 3 nitrogen and oxygen atoms in total. The summed E-state index contributed by atoms with van der Waals surface area (Å²) in [7, 11) is 0. The molecule has 0 spiro atoms. The van der Waals surface area contributed by atoms with Gasteiger partial charge in [-0.05, 0) is 36.8 Å². The standard InChI is InChI=1S/C16H15N3/c1-11-5-6-13(9-15(11)17)19-16-4-2-3-12-10-18-8-7-14(12)16/h2-10,19H,17H2,1H3. The van der Waals surface area contributed by atoms with Crippen molar-refractivity contribution in [2.75, 3.05) is 11.1 Å². The molecule has 2 aromatic carbocycles. The van der Waals surface area contributed by atoms with Crippen LogP contribution in [0.2, 0.25) is 0 Å². The Morgan fingerprint density at radius 1 is 1.11 bits per heavy atom. The average Bonchev–Trinajstić information content (AvgIpc) is 2.43. The van der Waals surface area contributed by atoms with Gasteiger partial charge in [0.1, 0.15) is 0 Å². The second-order valence-electron chi connectivity index (χ2n) is 4.60. The number of nitrogens with two attached hydrogens (primary N) is 1. The SMILES string of the molecule is Cc1ccc(Nc2cccc3cnccc23)cc1N. The molecule has 0 aliphatic heterocycles. The molecular formula is C16H15N3. The van der Waals surface area contributed by atoms with Crippen LogP contribution in [0.25, 0.3) is 10.8 Å². The molecule has 19 heavy (non-hydrogen) atoms. The highest BCUT2D eigenvalue weighted by Crippen LogP contribution is 2.27. The summed E-state index contributed by atoms with van der Waals surface area (Å²) in [6.07, 6.45) is 3.67. The number of nitrogens with one attached hydrogen (secondary N) is 1. The van der Waals surface area contributed by atoms with E-state index in [-0.39, 0.29) is 0 Å². The lowest BCUT2D eigenvalue weighted by atomic mass is 10.1. The number of nitrogen functional groups attached to an aromatic ring is 1. The zero-order chi connectivity index (χ0) is 13.2. The number of anilines is 3. The van der Waals surface area contributed by atoms with Crippen LogP contribution in [0.5, 0.6) is 0 Å². The maximum Gasteiger partial charge on any atom is 0.0465 e. The molecule has 0 aliphatic carbocycles. The third-order valence-corrected chi connectivity index (χ3v) is 3.24. The van der Waals surface area contributed by atoms with Gasteiger partial charge >= 0.3 is 0 Å². The fraction of sp³-hybridized carbons (Fsp3) is 0.0625. The first-order chi connectivity index (χ1) is 9.24. The van der Waals surface area contributed by atoms with Crippen LogP contribution >= 0.6 is 0 Å². The second-order valence-corrected chi connectivity index (χ2v) is 4.60. The van der Waals surface area contributed by atoms with E-state index in [9.17, 15) is 0 Å². The lowest BCUT2D eigenvalue weighted by Crippen LogP contribution is -1.95. The average molecular weight is 249 g/mol. The molecule has 3 rings (SSSR count). The Labute approximate surface area is 112 Å². The Morgan fingerprint density at radius 3 is 2.84 bits per heavy atom. The van der Waals surface area contributed by atoms with Crippen molar-refractivity contribution in [2.45, 2.75) is 6.92 Å². The van der Waals surface area contributed by atoms with E-state index < -0.39 is 0 Å². The largest absolute Gasteiger partial charge is 0.398 e. The Kier molecular flexibility index (Phi) is 2.80. The van der Waals surface area contributed by atoms with Gasteiger partial charge in [0.15, 0.2) is 0 Å². The van der Waals surface area contributed by atoms with Crippen molar-refractivity contribution in [2.24, 2.45) is 0 Å². The van der Waals surface area contributed by atoms with Gasteiger partial charge in [0.05, 0.1) is 0 Å². The molecule has 0 amide bonds. The molecule has 0 radical (unpaired) electrons. The molecule has 0 unspecified atom stereocenters. The highest BCUT2D eigenvalue weighted by atomic mass is 14.9. The van der Waals surface area contributed by atoms with Gasteiger partial charge in [0.2, 0.25) is 0 Å². The zero-order valence-corrected chi connectivity index (χ0v) is 10.7. The second kappa shape index (κ2) is 4.61. The topological polar surface area (TPSA) is 50.9 Å². The van der Waals surface area contributed by atoms with Crippen LogP contribution in [-0.4, -0.2) is 4.98 Å². The van der Waals surface area contributed by atoms with Gasteiger partial charge in [-0.3, -0.25) is 4.98 Å². The molecule has 0 bridgehead atoms. The molecule has 3 heteroatoms. The predicted molar refractivity (Wildman–Crippen MR) is 80.6 cm³/mol. The van der Waals surface area contributed by atoms with Crippen LogP contribution in [0.1, 0.15) is 5.56 Å². The van der Waals surface area contributed by atoms with E-state index in [2.05, 4.69) is 22.4 Å². The Morgan fingerprint density at radius 2 is 2.00 bits per heavy atom. The van der Waals surface area contributed by atoms with Crippen molar-refractivity contribution in [3.8, 4) is 0 Å². The van der Waals surface area contributed by atoms with Gasteiger partial charge in [-0.25, -0.2) is 0 Å². The molecule has 0 fully saturated rings. The molecule has 0 aliphatic rings. The van der Waals surface area contributed by atoms with Crippen LogP contribution in [0.3, 0.4) is 0 Å². The summed E-state index contributed by atoms with van der Waals surface area (Å²) >= 11 is 0. The minimum atomic E-state index is 0.798. The molecule has 0 saturated carbocycles. The lowest BCUT2D eigenvalue weighted by Gasteiger charge is -2.11. The van der Waals surface area contributed by atoms with E-state index in [1.807, 2.05) is 43.5 Å². The van der Waals surface area contributed by atoms with Gasteiger partial charge < -0.3 is 11.1 Å². The number of hydrogen-bond donors (Lipinski definition) is 2. The summed E-state index contributed by atoms with van der Waals surface area (Å²) in [5.74, 6) is 0. The number of hydrogen-bond acceptors (Lipinski definition) is 3. The number of aromatic nitrogens is 1. The van der Waals surface area contributed by atoms with Gasteiger partial charge in [-0.15, -0.1) is 0 Å². The molecule has 0 saturated heterocycles. The molecule has 1 heterocycles. The number of benzene rings is 2. The van der Waals surface area contributed by atoms with Crippen LogP contribution in [0.15, 0.2) is 54.9 Å². The summed E-state index contributed by atoms with van der Waals surface area (Å²) in [5, 5.41) is 5.67. The summed E-state index contributed by atoms with van der Waals surface area (Å²) in [6.45, 7) is 2.00. The highest BCUT2D eigenvalue weighted by molar-refractivity contribution is 5.94. The van der Waals surface area contributed by atoms with Gasteiger partial charge in [-0.2, -0.15) is 0 Å². The van der Waals surface area contributed by atoms with Crippen molar-refractivity contribution in [1.29, 1.82) is 0 Å². The van der Waals surface area contributed by atoms with Crippen LogP contribution in [-0.2, 0) is 0 Å². The quantitative estimate of drug-likeness (QED) is 0.678. The van der Waals surface area contributed by atoms with Crippen LogP contribution in [0, 0.1) is 6.92 Å². The Balaban J connectivity index is 2.03. The molecule has 94 valence electrons. The number of aryl methyl sites for hydroxylation is 1. The van der Waals surface area contributed by atoms with E-state index in [1.54, 1.807) is 6.20 Å². The number of nitrogens with zero attached hydrogens (tertiary/aromatic N) is 1. The lowest BCUT2D eigenvalue weighted by molar-refractivity contribution is 1.36. The first-order valence-corrected chi connectivity index (χ1v) is 6.20. The molecule has 3 N–H and O–H groups in total. The van der Waals surface area contributed by atoms with Crippen molar-refractivity contribution in [3.63, 3.8) is 0 Å². The van der Waals surface area contributed by atoms with Crippen molar-refractivity contribution in [1.82, 2.24) is 4.98 Å². The minimum absolute atomic E-state index is 0.798. The molecular weight excluding hydrogens is 234 g/mol. The normalized spacial score (nSPS) is 10.6. The summed E-state index contributed by atoms with van der Waals surface area (Å²) in [5.41, 5.74) is 9.88. The summed E-state index contributed by atoms with van der Waals surface area (Å²) in [6, 6.07) is 14.1. The van der Waals surface area contributed by atoms with Crippen molar-refractivity contribution in [3.05, 3.63) is 60.4 Å². The monoisotopic (exact) mass is 249 g/mol. The van der Waals surface area contributed by atoms with E-state index in [0.717, 1.165) is 33.4 Å². The number of fused-ring (bicyclic) bond motifs is 1. The molecule has 0 atom stereocenters. The smallest absolute Gasteiger partial charge is 0.0465 e. The van der Waals surface area contributed by atoms with Crippen LogP contribution < -0.4 is 11.1 Å². The van der Waals surface area contributed by atoms with E-state index in [0.29, 0.717) is 0 Å². The molecule has 3 aromatic rings. The van der Waals surface area contributed by atoms with E-state index in [1.165, 1.54) is 0 Å². The van der Waals surface area contributed by atoms with E-state index in [4.69, 9.17) is 5.73 Å². The van der Waals surface area contributed by atoms with Crippen LogP contribution in [0.4, 0.5) is 17.1 Å².